The zero-order valence-electron chi connectivity index (χ0n) is 29.7. The highest BCUT2D eigenvalue weighted by Crippen LogP contribution is 2.32. The van der Waals surface area contributed by atoms with Crippen LogP contribution in [0.5, 0.6) is 0 Å². The molecule has 0 saturated heterocycles. The van der Waals surface area contributed by atoms with E-state index in [1.807, 2.05) is 32.0 Å². The zero-order valence-corrected chi connectivity index (χ0v) is 30.5. The standard InChI is InChI=1S/C37H54N6O6S/c1-26(2)20-32(44)36(48)31(21-27-10-5-4-6-11-27)43(22-29-25-50-37(38)40-29)34(46)15-14-33(45)42(23-30-13-9-19-49-30)24-35(47)41(3)18-16-28-12-7-8-17-39-28/h7-9,12-13,17,19,25-27,31-32,36,44,48H,4-6,10-11,14-16,18,20-24H2,1-3H3,(H2,38,40)/t31-,32-,36+/m0/s1. The Morgan fingerprint density at radius 3 is 2.40 bits per heavy atom. The molecule has 3 heterocycles. The Hall–Kier alpha value is -3.81. The van der Waals surface area contributed by atoms with Gasteiger partial charge >= 0.3 is 0 Å². The van der Waals surface area contributed by atoms with Crippen molar-refractivity contribution in [3.8, 4) is 0 Å². The molecule has 1 aliphatic carbocycles. The third-order valence-corrected chi connectivity index (χ3v) is 10.2. The number of thiazole rings is 1. The highest BCUT2D eigenvalue weighted by molar-refractivity contribution is 7.13. The van der Waals surface area contributed by atoms with Crippen LogP contribution in [0.25, 0.3) is 0 Å². The summed E-state index contributed by atoms with van der Waals surface area (Å²) in [5.74, 6) is 0.0148. The van der Waals surface area contributed by atoms with Gasteiger partial charge in [0.15, 0.2) is 5.13 Å². The van der Waals surface area contributed by atoms with Gasteiger partial charge < -0.3 is 35.1 Å². The fourth-order valence-electron chi connectivity index (χ4n) is 6.63. The lowest BCUT2D eigenvalue weighted by Crippen LogP contribution is -2.52. The Bertz CT molecular complexity index is 1460. The van der Waals surface area contributed by atoms with Crippen LogP contribution in [-0.4, -0.2) is 91.0 Å². The van der Waals surface area contributed by atoms with Gasteiger partial charge in [-0.25, -0.2) is 4.98 Å². The molecule has 3 atom stereocenters. The minimum atomic E-state index is -1.18. The molecule has 0 spiro atoms. The largest absolute Gasteiger partial charge is 0.467 e. The van der Waals surface area contributed by atoms with Crippen molar-refractivity contribution in [2.75, 3.05) is 25.9 Å². The highest BCUT2D eigenvalue weighted by Gasteiger charge is 2.37. The van der Waals surface area contributed by atoms with Crippen molar-refractivity contribution in [3.05, 3.63) is 65.3 Å². The van der Waals surface area contributed by atoms with Crippen molar-refractivity contribution in [2.24, 2.45) is 11.8 Å². The number of hydrogen-bond donors (Lipinski definition) is 3. The topological polar surface area (TPSA) is 166 Å². The van der Waals surface area contributed by atoms with Crippen LogP contribution in [0, 0.1) is 11.8 Å². The zero-order chi connectivity index (χ0) is 36.0. The Balaban J connectivity index is 1.50. The van der Waals surface area contributed by atoms with Crippen LogP contribution in [0.4, 0.5) is 5.13 Å². The summed E-state index contributed by atoms with van der Waals surface area (Å²) in [6.07, 6.45) is 7.58. The fraction of sp³-hybridized carbons (Fsp3) is 0.595. The molecule has 50 heavy (non-hydrogen) atoms. The molecule has 3 aromatic rings. The number of furan rings is 1. The predicted octanol–water partition coefficient (Wildman–Crippen LogP) is 4.66. The molecular weight excluding hydrogens is 657 g/mol. The van der Waals surface area contributed by atoms with Gasteiger partial charge in [0, 0.05) is 50.1 Å². The van der Waals surface area contributed by atoms with E-state index in [2.05, 4.69) is 9.97 Å². The number of rotatable bonds is 19. The molecule has 3 aromatic heterocycles. The number of aliphatic hydroxyl groups is 2. The van der Waals surface area contributed by atoms with E-state index in [1.54, 1.807) is 40.6 Å². The lowest BCUT2D eigenvalue weighted by Gasteiger charge is -2.39. The Labute approximate surface area is 299 Å². The minimum Gasteiger partial charge on any atom is -0.467 e. The number of likely N-dealkylation sites (N-methyl/N-ethyl adjacent to an activating group) is 1. The maximum atomic E-state index is 14.2. The summed E-state index contributed by atoms with van der Waals surface area (Å²) in [5, 5.41) is 24.9. The van der Waals surface area contributed by atoms with Crippen LogP contribution in [0.15, 0.2) is 52.6 Å². The number of nitrogen functional groups attached to an aromatic ring is 1. The normalized spacial score (nSPS) is 15.4. The molecule has 0 aromatic carbocycles. The van der Waals surface area contributed by atoms with Gasteiger partial charge in [-0.15, -0.1) is 11.3 Å². The van der Waals surface area contributed by atoms with Crippen LogP contribution >= 0.6 is 11.3 Å². The summed E-state index contributed by atoms with van der Waals surface area (Å²) < 4.78 is 5.50. The van der Waals surface area contributed by atoms with Gasteiger partial charge in [-0.3, -0.25) is 19.4 Å². The Morgan fingerprint density at radius 2 is 1.76 bits per heavy atom. The third-order valence-electron chi connectivity index (χ3n) is 9.44. The number of aromatic nitrogens is 2. The third kappa shape index (κ3) is 12.2. The second-order valence-electron chi connectivity index (χ2n) is 13.9. The second-order valence-corrected chi connectivity index (χ2v) is 14.8. The second kappa shape index (κ2) is 19.5. The number of carbonyl (C=O) groups is 3. The van der Waals surface area contributed by atoms with E-state index in [1.165, 1.54) is 28.9 Å². The summed E-state index contributed by atoms with van der Waals surface area (Å²) >= 11 is 1.27. The van der Waals surface area contributed by atoms with Crippen LogP contribution in [0.1, 0.15) is 88.8 Å². The van der Waals surface area contributed by atoms with E-state index in [0.29, 0.717) is 48.3 Å². The smallest absolute Gasteiger partial charge is 0.241 e. The SMILES string of the molecule is CC(C)C[C@H](O)[C@H](O)[C@H](CC1CCCCC1)N(Cc1csc(N)n1)C(=O)CCC(=O)N(CC(=O)N(C)CCc1ccccn1)Cc1ccco1. The first kappa shape index (κ1) is 39.0. The number of carbonyl (C=O) groups excluding carboxylic acids is 3. The van der Waals surface area contributed by atoms with Crippen LogP contribution in [-0.2, 0) is 33.9 Å². The van der Waals surface area contributed by atoms with Gasteiger partial charge in [0.05, 0.1) is 37.2 Å². The molecule has 1 saturated carbocycles. The van der Waals surface area contributed by atoms with Crippen molar-refractivity contribution >= 4 is 34.2 Å². The molecule has 4 N–H and O–H groups in total. The Morgan fingerprint density at radius 1 is 1.00 bits per heavy atom. The van der Waals surface area contributed by atoms with E-state index in [9.17, 15) is 24.6 Å². The molecule has 0 bridgehead atoms. The summed E-state index contributed by atoms with van der Waals surface area (Å²) in [6.45, 7) is 4.39. The van der Waals surface area contributed by atoms with Crippen molar-refractivity contribution in [1.82, 2.24) is 24.7 Å². The summed E-state index contributed by atoms with van der Waals surface area (Å²) in [6, 6.07) is 8.42. The van der Waals surface area contributed by atoms with Gasteiger partial charge in [-0.1, -0.05) is 52.0 Å². The summed E-state index contributed by atoms with van der Waals surface area (Å²) in [5.41, 5.74) is 7.39. The molecule has 3 amide bonds. The number of aliphatic hydroxyl groups excluding tert-OH is 2. The monoisotopic (exact) mass is 710 g/mol. The molecule has 0 radical (unpaired) electrons. The number of hydrogen-bond acceptors (Lipinski definition) is 10. The maximum absolute atomic E-state index is 14.2. The summed E-state index contributed by atoms with van der Waals surface area (Å²) in [4.78, 5) is 54.5. The quantitative estimate of drug-likeness (QED) is 0.160. The molecule has 1 fully saturated rings. The first-order valence-corrected chi connectivity index (χ1v) is 18.7. The molecule has 0 unspecified atom stereocenters. The predicted molar refractivity (Wildman–Crippen MR) is 192 cm³/mol. The van der Waals surface area contributed by atoms with Crippen LogP contribution in [0.2, 0.25) is 0 Å². The molecule has 1 aliphatic rings. The molecular formula is C37H54N6O6S. The van der Waals surface area contributed by atoms with E-state index in [-0.39, 0.29) is 56.1 Å². The van der Waals surface area contributed by atoms with Gasteiger partial charge in [-0.2, -0.15) is 0 Å². The Kier molecular flexibility index (Phi) is 15.2. The highest BCUT2D eigenvalue weighted by atomic mass is 32.1. The number of nitrogens with two attached hydrogens (primary N) is 1. The average Bonchev–Trinajstić information content (AvgIpc) is 3.78. The van der Waals surface area contributed by atoms with Gasteiger partial charge in [0.2, 0.25) is 17.7 Å². The van der Waals surface area contributed by atoms with Crippen molar-refractivity contribution in [1.29, 1.82) is 0 Å². The number of amides is 3. The van der Waals surface area contributed by atoms with Gasteiger partial charge in [0.25, 0.3) is 0 Å². The van der Waals surface area contributed by atoms with Crippen molar-refractivity contribution in [2.45, 2.75) is 109 Å². The molecule has 12 nitrogen and oxygen atoms in total. The van der Waals surface area contributed by atoms with Crippen molar-refractivity contribution in [3.63, 3.8) is 0 Å². The summed E-state index contributed by atoms with van der Waals surface area (Å²) in [7, 11) is 1.69. The first-order chi connectivity index (χ1) is 24.0. The molecule has 274 valence electrons. The van der Waals surface area contributed by atoms with Crippen LogP contribution < -0.4 is 5.73 Å². The fourth-order valence-corrected chi connectivity index (χ4v) is 7.18. The van der Waals surface area contributed by atoms with E-state index < -0.39 is 18.2 Å². The molecule has 13 heteroatoms. The maximum Gasteiger partial charge on any atom is 0.241 e. The van der Waals surface area contributed by atoms with E-state index in [0.717, 1.165) is 31.4 Å². The number of pyridine rings is 1. The number of nitrogens with zero attached hydrogens (tertiary/aromatic N) is 5. The number of anilines is 1. The van der Waals surface area contributed by atoms with Crippen molar-refractivity contribution < 1.29 is 29.0 Å². The van der Waals surface area contributed by atoms with Gasteiger partial charge in [0.1, 0.15) is 18.4 Å². The lowest BCUT2D eigenvalue weighted by molar-refractivity contribution is -0.145. The van der Waals surface area contributed by atoms with Gasteiger partial charge in [-0.05, 0) is 48.9 Å². The average molecular weight is 711 g/mol. The molecule has 0 aliphatic heterocycles. The first-order valence-electron chi connectivity index (χ1n) is 17.8. The lowest BCUT2D eigenvalue weighted by atomic mass is 9.81. The molecule has 4 rings (SSSR count). The van der Waals surface area contributed by atoms with E-state index >= 15 is 0 Å². The minimum absolute atomic E-state index is 0.0755. The van der Waals surface area contributed by atoms with Crippen LogP contribution in [0.3, 0.4) is 0 Å². The van der Waals surface area contributed by atoms with E-state index in [4.69, 9.17) is 10.2 Å².